The molecule has 0 saturated carbocycles. The minimum absolute atomic E-state index is 0.0616. The molecule has 1 rings (SSSR count). The number of hydrogen-bond acceptors (Lipinski definition) is 4. The molecular formula is C19H39NO3Si2. The lowest BCUT2D eigenvalue weighted by molar-refractivity contribution is -0.0922. The molecule has 0 unspecified atom stereocenters. The molecule has 0 bridgehead atoms. The van der Waals surface area contributed by atoms with Crippen LogP contribution in [-0.2, 0) is 8.85 Å². The third kappa shape index (κ3) is 6.19. The smallest absolute Gasteiger partial charge is 0.193 e. The van der Waals surface area contributed by atoms with E-state index in [0.717, 1.165) is 6.42 Å². The molecule has 0 spiro atoms. The molecule has 25 heavy (non-hydrogen) atoms. The molecule has 2 atom stereocenters. The van der Waals surface area contributed by atoms with E-state index in [4.69, 9.17) is 8.85 Å². The standard InChI is InChI=1S/C19H39NO3Si2/c1-18(2,3)24(7,8)22-13-11-12-16-14-17(15-20(16)21)23-25(9,10)19(4,5)6/h16-17,21H,13-15H2,1-10H3/t16-,17-/m1/s1. The van der Waals surface area contributed by atoms with Crippen LogP contribution in [-0.4, -0.2) is 52.2 Å². The highest BCUT2D eigenvalue weighted by Crippen LogP contribution is 2.39. The van der Waals surface area contributed by atoms with Crippen molar-refractivity contribution in [3.63, 3.8) is 0 Å². The van der Waals surface area contributed by atoms with E-state index in [0.29, 0.717) is 13.2 Å². The summed E-state index contributed by atoms with van der Waals surface area (Å²) in [5, 5.41) is 11.9. The average Bonchev–Trinajstić information content (AvgIpc) is 2.71. The van der Waals surface area contributed by atoms with E-state index in [1.807, 2.05) is 0 Å². The third-order valence-corrected chi connectivity index (χ3v) is 15.1. The highest BCUT2D eigenvalue weighted by molar-refractivity contribution is 6.74. The van der Waals surface area contributed by atoms with E-state index in [2.05, 4.69) is 79.6 Å². The van der Waals surface area contributed by atoms with Crippen molar-refractivity contribution in [2.75, 3.05) is 13.2 Å². The van der Waals surface area contributed by atoms with Gasteiger partial charge in [-0.15, -0.1) is 0 Å². The van der Waals surface area contributed by atoms with Gasteiger partial charge in [-0.1, -0.05) is 53.4 Å². The number of nitrogens with zero attached hydrogens (tertiary/aromatic N) is 1. The minimum Gasteiger partial charge on any atom is -0.412 e. The van der Waals surface area contributed by atoms with Crippen LogP contribution in [0.5, 0.6) is 0 Å². The van der Waals surface area contributed by atoms with E-state index < -0.39 is 16.6 Å². The van der Waals surface area contributed by atoms with E-state index >= 15 is 0 Å². The summed E-state index contributed by atoms with van der Waals surface area (Å²) < 4.78 is 12.5. The summed E-state index contributed by atoms with van der Waals surface area (Å²) in [5.74, 6) is 6.28. The second-order valence-corrected chi connectivity index (χ2v) is 19.8. The van der Waals surface area contributed by atoms with Gasteiger partial charge in [-0.3, -0.25) is 0 Å². The van der Waals surface area contributed by atoms with Gasteiger partial charge in [-0.25, -0.2) is 0 Å². The van der Waals surface area contributed by atoms with Crippen LogP contribution >= 0.6 is 0 Å². The van der Waals surface area contributed by atoms with Gasteiger partial charge in [0.25, 0.3) is 0 Å². The van der Waals surface area contributed by atoms with Crippen LogP contribution in [0.15, 0.2) is 0 Å². The molecule has 0 radical (unpaired) electrons. The molecule has 0 amide bonds. The van der Waals surface area contributed by atoms with Crippen molar-refractivity contribution in [3.05, 3.63) is 0 Å². The Balaban J connectivity index is 2.58. The molecule has 1 fully saturated rings. The lowest BCUT2D eigenvalue weighted by Gasteiger charge is -2.38. The Morgan fingerprint density at radius 1 is 1.00 bits per heavy atom. The Morgan fingerprint density at radius 3 is 2.00 bits per heavy atom. The van der Waals surface area contributed by atoms with Crippen LogP contribution < -0.4 is 0 Å². The Bertz CT molecular complexity index is 509. The number of hydroxylamine groups is 2. The molecule has 0 aromatic heterocycles. The van der Waals surface area contributed by atoms with Crippen molar-refractivity contribution >= 4 is 16.6 Å². The highest BCUT2D eigenvalue weighted by Gasteiger charge is 2.42. The van der Waals surface area contributed by atoms with Crippen molar-refractivity contribution in [2.45, 2.75) is 96.4 Å². The zero-order valence-corrected chi connectivity index (χ0v) is 20.0. The van der Waals surface area contributed by atoms with E-state index in [1.165, 1.54) is 5.06 Å². The van der Waals surface area contributed by atoms with Gasteiger partial charge in [-0.2, -0.15) is 5.06 Å². The summed E-state index contributed by atoms with van der Waals surface area (Å²) in [5.41, 5.74) is 0. The third-order valence-electron chi connectivity index (χ3n) is 6.08. The second-order valence-electron chi connectivity index (χ2n) is 10.2. The quantitative estimate of drug-likeness (QED) is 0.554. The van der Waals surface area contributed by atoms with Crippen LogP contribution in [0.3, 0.4) is 0 Å². The largest absolute Gasteiger partial charge is 0.412 e. The molecular weight excluding hydrogens is 346 g/mol. The van der Waals surface area contributed by atoms with Gasteiger partial charge in [0.05, 0.1) is 25.3 Å². The predicted octanol–water partition coefficient (Wildman–Crippen LogP) is 4.87. The Morgan fingerprint density at radius 2 is 1.52 bits per heavy atom. The first-order chi connectivity index (χ1) is 11.1. The fourth-order valence-electron chi connectivity index (χ4n) is 2.19. The van der Waals surface area contributed by atoms with Gasteiger partial charge < -0.3 is 14.1 Å². The molecule has 1 aliphatic heterocycles. The molecule has 4 nitrogen and oxygen atoms in total. The summed E-state index contributed by atoms with van der Waals surface area (Å²) in [6, 6.07) is -0.155. The first-order valence-corrected chi connectivity index (χ1v) is 15.1. The molecule has 0 aromatic carbocycles. The fraction of sp³-hybridized carbons (Fsp3) is 0.895. The normalized spacial score (nSPS) is 23.5. The van der Waals surface area contributed by atoms with Crippen molar-refractivity contribution in [3.8, 4) is 11.8 Å². The zero-order chi connectivity index (χ0) is 19.7. The zero-order valence-electron chi connectivity index (χ0n) is 18.0. The van der Waals surface area contributed by atoms with Crippen molar-refractivity contribution in [1.82, 2.24) is 5.06 Å². The Labute approximate surface area is 157 Å². The van der Waals surface area contributed by atoms with Crippen molar-refractivity contribution in [1.29, 1.82) is 0 Å². The SMILES string of the molecule is CC(C)(C)[Si](C)(C)OCC#C[C@@H]1C[C@@H](O[Si](C)(C)C(C)(C)C)CN1O. The number of hydrogen-bond donors (Lipinski definition) is 1. The van der Waals surface area contributed by atoms with Gasteiger partial charge >= 0.3 is 0 Å². The molecule has 1 heterocycles. The monoisotopic (exact) mass is 385 g/mol. The maximum Gasteiger partial charge on any atom is 0.193 e. The topological polar surface area (TPSA) is 41.9 Å². The van der Waals surface area contributed by atoms with Crippen LogP contribution in [0, 0.1) is 11.8 Å². The summed E-state index contributed by atoms with van der Waals surface area (Å²) in [7, 11) is -3.58. The Hall–Kier alpha value is -0.166. The van der Waals surface area contributed by atoms with Gasteiger partial charge in [0.1, 0.15) is 0 Å². The van der Waals surface area contributed by atoms with Crippen LogP contribution in [0.1, 0.15) is 48.0 Å². The molecule has 1 aliphatic rings. The van der Waals surface area contributed by atoms with Crippen LogP contribution in [0.4, 0.5) is 0 Å². The molecule has 146 valence electrons. The van der Waals surface area contributed by atoms with Crippen molar-refractivity contribution in [2.24, 2.45) is 0 Å². The molecule has 1 N–H and O–H groups in total. The molecule has 0 aromatic rings. The van der Waals surface area contributed by atoms with Gasteiger partial charge in [0, 0.05) is 6.42 Å². The van der Waals surface area contributed by atoms with Gasteiger partial charge in [-0.05, 0) is 36.3 Å². The average molecular weight is 386 g/mol. The maximum absolute atomic E-state index is 10.2. The maximum atomic E-state index is 10.2. The lowest BCUT2D eigenvalue weighted by atomic mass is 10.2. The molecule has 0 aliphatic carbocycles. The highest BCUT2D eigenvalue weighted by atomic mass is 28.4. The molecule has 1 saturated heterocycles. The summed E-state index contributed by atoms with van der Waals surface area (Å²) in [6.07, 6.45) is 0.822. The first kappa shape index (κ1) is 22.9. The predicted molar refractivity (Wildman–Crippen MR) is 110 cm³/mol. The van der Waals surface area contributed by atoms with Crippen LogP contribution in [0.2, 0.25) is 36.3 Å². The number of rotatable bonds is 4. The summed E-state index contributed by atoms with van der Waals surface area (Å²) in [6.45, 7) is 23.3. The van der Waals surface area contributed by atoms with E-state index in [-0.39, 0.29) is 22.2 Å². The lowest BCUT2D eigenvalue weighted by Crippen LogP contribution is -2.44. The van der Waals surface area contributed by atoms with Crippen LogP contribution in [0.25, 0.3) is 0 Å². The summed E-state index contributed by atoms with van der Waals surface area (Å²) >= 11 is 0. The summed E-state index contributed by atoms with van der Waals surface area (Å²) in [4.78, 5) is 0. The van der Waals surface area contributed by atoms with Crippen molar-refractivity contribution < 1.29 is 14.1 Å². The first-order valence-electron chi connectivity index (χ1n) is 9.32. The van der Waals surface area contributed by atoms with Gasteiger partial charge in [0.15, 0.2) is 16.6 Å². The van der Waals surface area contributed by atoms with Gasteiger partial charge in [0.2, 0.25) is 0 Å². The fourth-order valence-corrected chi connectivity index (χ4v) is 4.41. The van der Waals surface area contributed by atoms with E-state index in [1.54, 1.807) is 0 Å². The molecule has 6 heteroatoms. The van der Waals surface area contributed by atoms with E-state index in [9.17, 15) is 5.21 Å². The Kier molecular flexibility index (Phi) is 7.17. The minimum atomic E-state index is -1.82. The second kappa shape index (κ2) is 7.83.